The lowest BCUT2D eigenvalue weighted by Crippen LogP contribution is -2.27. The number of aromatic nitrogens is 1. The fourth-order valence-corrected chi connectivity index (χ4v) is 3.06. The molecule has 23 heavy (non-hydrogen) atoms. The van der Waals surface area contributed by atoms with Crippen LogP contribution < -0.4 is 10.1 Å². The molecule has 1 aromatic heterocycles. The number of benzene rings is 1. The second-order valence-electron chi connectivity index (χ2n) is 5.48. The van der Waals surface area contributed by atoms with Crippen molar-refractivity contribution in [3.05, 3.63) is 46.4 Å². The highest BCUT2D eigenvalue weighted by molar-refractivity contribution is 7.07. The molecule has 1 aliphatic rings. The van der Waals surface area contributed by atoms with E-state index in [1.165, 1.54) is 11.3 Å². The molecular formula is C17H20N2O3S. The molecule has 1 aliphatic heterocycles. The molecule has 0 unspecified atom stereocenters. The lowest BCUT2D eigenvalue weighted by atomic mass is 10.1. The Labute approximate surface area is 139 Å². The molecule has 1 fully saturated rings. The van der Waals surface area contributed by atoms with Crippen LogP contribution in [0.1, 0.15) is 35.3 Å². The van der Waals surface area contributed by atoms with Crippen molar-refractivity contribution in [2.24, 2.45) is 0 Å². The van der Waals surface area contributed by atoms with E-state index in [4.69, 9.17) is 9.47 Å². The zero-order valence-corrected chi connectivity index (χ0v) is 13.7. The first-order chi connectivity index (χ1) is 11.3. The van der Waals surface area contributed by atoms with Gasteiger partial charge in [0.25, 0.3) is 5.91 Å². The van der Waals surface area contributed by atoms with Crippen molar-refractivity contribution in [1.29, 1.82) is 0 Å². The van der Waals surface area contributed by atoms with Crippen LogP contribution in [0.2, 0.25) is 0 Å². The Kier molecular flexibility index (Phi) is 5.60. The van der Waals surface area contributed by atoms with Crippen molar-refractivity contribution in [2.45, 2.75) is 32.0 Å². The summed E-state index contributed by atoms with van der Waals surface area (Å²) in [6.07, 6.45) is 3.38. The van der Waals surface area contributed by atoms with Gasteiger partial charge < -0.3 is 14.8 Å². The molecule has 0 bridgehead atoms. The van der Waals surface area contributed by atoms with Gasteiger partial charge in [0.05, 0.1) is 17.3 Å². The first-order valence-corrected chi connectivity index (χ1v) is 8.75. The summed E-state index contributed by atoms with van der Waals surface area (Å²) in [5.74, 6) is 0.590. The zero-order valence-electron chi connectivity index (χ0n) is 12.9. The molecule has 1 amide bonds. The number of nitrogens with one attached hydrogen (secondary N) is 1. The Morgan fingerprint density at radius 2 is 2.43 bits per heavy atom. The van der Waals surface area contributed by atoms with Gasteiger partial charge >= 0.3 is 0 Å². The fourth-order valence-electron chi connectivity index (χ4n) is 2.51. The maximum absolute atomic E-state index is 12.2. The highest BCUT2D eigenvalue weighted by Crippen LogP contribution is 2.16. The molecule has 0 aliphatic carbocycles. The van der Waals surface area contributed by atoms with E-state index in [0.717, 1.165) is 31.6 Å². The average molecular weight is 332 g/mol. The van der Waals surface area contributed by atoms with Crippen molar-refractivity contribution in [2.75, 3.05) is 13.2 Å². The van der Waals surface area contributed by atoms with Gasteiger partial charge in [0.1, 0.15) is 12.4 Å². The van der Waals surface area contributed by atoms with Crippen LogP contribution in [0.15, 0.2) is 35.2 Å². The van der Waals surface area contributed by atoms with Crippen molar-refractivity contribution in [3.8, 4) is 5.75 Å². The molecule has 0 spiro atoms. The molecule has 0 radical (unpaired) electrons. The van der Waals surface area contributed by atoms with E-state index in [1.54, 1.807) is 17.6 Å². The SMILES string of the molecule is O=C(NCC[C@@H]1CCCO1)c1cccc(OCc2cscn2)c1. The number of carbonyl (C=O) groups is 1. The van der Waals surface area contributed by atoms with Gasteiger partial charge in [-0.1, -0.05) is 6.07 Å². The van der Waals surface area contributed by atoms with Gasteiger partial charge in [-0.2, -0.15) is 0 Å². The maximum atomic E-state index is 12.2. The number of hydrogen-bond donors (Lipinski definition) is 1. The van der Waals surface area contributed by atoms with Crippen molar-refractivity contribution in [3.63, 3.8) is 0 Å². The number of rotatable bonds is 7. The normalized spacial score (nSPS) is 17.1. The highest BCUT2D eigenvalue weighted by atomic mass is 32.1. The van der Waals surface area contributed by atoms with Crippen LogP contribution in [0.5, 0.6) is 5.75 Å². The summed E-state index contributed by atoms with van der Waals surface area (Å²) < 4.78 is 11.2. The van der Waals surface area contributed by atoms with Crippen LogP contribution >= 0.6 is 11.3 Å². The lowest BCUT2D eigenvalue weighted by molar-refractivity contribution is 0.0907. The molecule has 5 nitrogen and oxygen atoms in total. The quantitative estimate of drug-likeness (QED) is 0.847. The molecule has 1 N–H and O–H groups in total. The first-order valence-electron chi connectivity index (χ1n) is 7.81. The Morgan fingerprint density at radius 1 is 1.48 bits per heavy atom. The Bertz CT molecular complexity index is 625. The predicted molar refractivity (Wildman–Crippen MR) is 88.8 cm³/mol. The average Bonchev–Trinajstić information content (AvgIpc) is 3.27. The minimum Gasteiger partial charge on any atom is -0.487 e. The van der Waals surface area contributed by atoms with E-state index in [-0.39, 0.29) is 5.91 Å². The summed E-state index contributed by atoms with van der Waals surface area (Å²) in [6, 6.07) is 7.21. The van der Waals surface area contributed by atoms with Crippen molar-refractivity contribution < 1.29 is 14.3 Å². The molecule has 1 atom stereocenters. The third-order valence-corrected chi connectivity index (χ3v) is 4.38. The molecule has 2 aromatic rings. The number of thiazole rings is 1. The summed E-state index contributed by atoms with van der Waals surface area (Å²) in [6.45, 7) is 1.89. The van der Waals surface area contributed by atoms with Crippen LogP contribution in [0.4, 0.5) is 0 Å². The number of hydrogen-bond acceptors (Lipinski definition) is 5. The topological polar surface area (TPSA) is 60.5 Å². The van der Waals surface area contributed by atoms with Crippen molar-refractivity contribution in [1.82, 2.24) is 10.3 Å². The van der Waals surface area contributed by atoms with Crippen LogP contribution in [0, 0.1) is 0 Å². The predicted octanol–water partition coefficient (Wildman–Crippen LogP) is 3.02. The summed E-state index contributed by atoms with van der Waals surface area (Å²) in [4.78, 5) is 16.4. The second kappa shape index (κ2) is 8.08. The van der Waals surface area contributed by atoms with E-state index in [1.807, 2.05) is 17.5 Å². The van der Waals surface area contributed by atoms with Gasteiger partial charge in [0.15, 0.2) is 0 Å². The Balaban J connectivity index is 1.48. The van der Waals surface area contributed by atoms with Gasteiger partial charge in [-0.05, 0) is 37.5 Å². The molecule has 3 rings (SSSR count). The molecule has 2 heterocycles. The van der Waals surface area contributed by atoms with E-state index >= 15 is 0 Å². The van der Waals surface area contributed by atoms with E-state index in [9.17, 15) is 4.79 Å². The second-order valence-corrected chi connectivity index (χ2v) is 6.19. The molecule has 0 saturated carbocycles. The number of nitrogens with zero attached hydrogens (tertiary/aromatic N) is 1. The fraction of sp³-hybridized carbons (Fsp3) is 0.412. The Morgan fingerprint density at radius 3 is 3.22 bits per heavy atom. The third kappa shape index (κ3) is 4.77. The summed E-state index contributed by atoms with van der Waals surface area (Å²) in [5.41, 5.74) is 3.27. The van der Waals surface area contributed by atoms with Crippen LogP contribution in [-0.2, 0) is 11.3 Å². The smallest absolute Gasteiger partial charge is 0.251 e. The minimum absolute atomic E-state index is 0.0814. The first kappa shape index (κ1) is 16.0. The molecular weight excluding hydrogens is 312 g/mol. The largest absolute Gasteiger partial charge is 0.487 e. The number of ether oxygens (including phenoxy) is 2. The summed E-state index contributed by atoms with van der Waals surface area (Å²) in [5, 5.41) is 4.88. The zero-order chi connectivity index (χ0) is 15.9. The minimum atomic E-state index is -0.0814. The van der Waals surface area contributed by atoms with E-state index < -0.39 is 0 Å². The van der Waals surface area contributed by atoms with Crippen molar-refractivity contribution >= 4 is 17.2 Å². The maximum Gasteiger partial charge on any atom is 0.251 e. The third-order valence-electron chi connectivity index (χ3n) is 3.74. The van der Waals surface area contributed by atoms with Crippen LogP contribution in [0.3, 0.4) is 0 Å². The van der Waals surface area contributed by atoms with Gasteiger partial charge in [0, 0.05) is 24.1 Å². The molecule has 1 aromatic carbocycles. The summed E-state index contributed by atoms with van der Waals surface area (Å²) >= 11 is 1.54. The van der Waals surface area contributed by atoms with Crippen LogP contribution in [0.25, 0.3) is 0 Å². The molecule has 122 valence electrons. The standard InChI is InChI=1S/C17H20N2O3S/c20-17(18-7-6-15-5-2-8-21-15)13-3-1-4-16(9-13)22-10-14-11-23-12-19-14/h1,3-4,9,11-12,15H,2,5-8,10H2,(H,18,20)/t15-/m0/s1. The van der Waals surface area contributed by atoms with Crippen LogP contribution in [-0.4, -0.2) is 30.1 Å². The van der Waals surface area contributed by atoms with E-state index in [0.29, 0.717) is 30.6 Å². The molecule has 1 saturated heterocycles. The summed E-state index contributed by atoms with van der Waals surface area (Å²) in [7, 11) is 0. The lowest BCUT2D eigenvalue weighted by Gasteiger charge is -2.11. The van der Waals surface area contributed by atoms with E-state index in [2.05, 4.69) is 10.3 Å². The molecule has 6 heteroatoms. The number of carbonyl (C=O) groups excluding carboxylic acids is 1. The van der Waals surface area contributed by atoms with Gasteiger partial charge in [0.2, 0.25) is 0 Å². The Hall–Kier alpha value is -1.92. The van der Waals surface area contributed by atoms with Gasteiger partial charge in [-0.3, -0.25) is 4.79 Å². The monoisotopic (exact) mass is 332 g/mol. The highest BCUT2D eigenvalue weighted by Gasteiger charge is 2.15. The number of amides is 1. The van der Waals surface area contributed by atoms with Gasteiger partial charge in [-0.15, -0.1) is 11.3 Å². The van der Waals surface area contributed by atoms with Gasteiger partial charge in [-0.25, -0.2) is 4.98 Å².